The number of nitrogens with zero attached hydrogens (tertiary/aromatic N) is 1. The molecule has 0 aliphatic rings. The van der Waals surface area contributed by atoms with E-state index in [-0.39, 0.29) is 62.6 Å². The number of aliphatic hydroxyl groups is 1. The quantitative estimate of drug-likeness (QED) is 0.0609. The molecule has 6 aromatic rings. The number of furan rings is 1. The Morgan fingerprint density at radius 1 is 0.849 bits per heavy atom. The molecule has 2 aromatic heterocycles. The van der Waals surface area contributed by atoms with Crippen molar-refractivity contribution in [2.75, 3.05) is 0 Å². The maximum Gasteiger partial charge on any atom is 0.162 e. The van der Waals surface area contributed by atoms with Crippen molar-refractivity contribution in [3.8, 4) is 11.3 Å². The summed E-state index contributed by atoms with van der Waals surface area (Å²) in [6, 6.07) is 22.2. The maximum absolute atomic E-state index is 14.9. The first-order valence-electron chi connectivity index (χ1n) is 18.7. The second kappa shape index (κ2) is 18.9. The van der Waals surface area contributed by atoms with Gasteiger partial charge in [0.1, 0.15) is 11.4 Å². The van der Waals surface area contributed by atoms with Gasteiger partial charge in [0.15, 0.2) is 5.78 Å². The number of aliphatic hydroxyl groups excluding tert-OH is 1. The summed E-state index contributed by atoms with van der Waals surface area (Å²) < 4.78 is 21.3. The number of carbonyl (C=O) groups is 1. The molecule has 0 aliphatic heterocycles. The third-order valence-electron chi connectivity index (χ3n) is 10.2. The van der Waals surface area contributed by atoms with E-state index in [9.17, 15) is 14.3 Å². The number of ketones is 1. The maximum atomic E-state index is 14.9. The Morgan fingerprint density at radius 2 is 1.51 bits per heavy atom. The molecule has 285 valence electrons. The number of rotatable bonds is 11. The summed E-state index contributed by atoms with van der Waals surface area (Å²) in [6.07, 6.45) is 7.83. The minimum absolute atomic E-state index is 0. The number of pyridine rings is 1. The zero-order chi connectivity index (χ0) is 37.0. The number of aromatic nitrogens is 1. The Morgan fingerprint density at radius 3 is 2.13 bits per heavy atom. The second-order valence-electron chi connectivity index (χ2n) is 14.7. The zero-order valence-electron chi connectivity index (χ0n) is 33.1. The normalized spacial score (nSPS) is 11.8. The van der Waals surface area contributed by atoms with Gasteiger partial charge in [-0.15, -0.1) is 17.7 Å². The number of hydrogen-bond acceptors (Lipinski definition) is 4. The van der Waals surface area contributed by atoms with E-state index >= 15 is 0 Å². The van der Waals surface area contributed by atoms with Gasteiger partial charge in [-0.25, -0.2) is 4.39 Å². The first kappa shape index (κ1) is 43.5. The smallest absolute Gasteiger partial charge is 0.162 e. The van der Waals surface area contributed by atoms with E-state index in [1.54, 1.807) is 6.07 Å². The minimum atomic E-state index is -0.196. The standard InChI is InChI=1S/C33H29FNO.C13H24O2.CH3.Ir/c1-18(2)12-21-6-8-23-22(15-21)7-9-25-24(23)10-11-35-32(25)29-14-20(5)13-28-27-16-30(34)26(19(3)4)17-31(27)36-33(28)29;1-5-10(6-2)12(14)9-13(15)11(7-3)8-4;;/h6-11,13,15-19H,12H2,1-5H3;9-11,14H,5-8H2,1-4H3;1H3;/q-1;;-1;/b;12-9-;;. The van der Waals surface area contributed by atoms with Crippen molar-refractivity contribution in [1.29, 1.82) is 0 Å². The topological polar surface area (TPSA) is 63.3 Å². The molecule has 0 spiro atoms. The third-order valence-corrected chi connectivity index (χ3v) is 10.2. The molecule has 0 saturated heterocycles. The second-order valence-corrected chi connectivity index (χ2v) is 14.7. The van der Waals surface area contributed by atoms with Crippen LogP contribution in [0.5, 0.6) is 0 Å². The molecule has 4 nitrogen and oxygen atoms in total. The summed E-state index contributed by atoms with van der Waals surface area (Å²) >= 11 is 0. The van der Waals surface area contributed by atoms with Gasteiger partial charge < -0.3 is 21.9 Å². The van der Waals surface area contributed by atoms with E-state index < -0.39 is 0 Å². The average Bonchev–Trinajstić information content (AvgIpc) is 3.45. The van der Waals surface area contributed by atoms with E-state index in [2.05, 4.69) is 56.3 Å². The van der Waals surface area contributed by atoms with Crippen LogP contribution in [0.25, 0.3) is 54.7 Å². The van der Waals surface area contributed by atoms with Crippen molar-refractivity contribution < 1.29 is 38.8 Å². The van der Waals surface area contributed by atoms with Gasteiger partial charge in [0.05, 0.1) is 11.3 Å². The summed E-state index contributed by atoms with van der Waals surface area (Å²) in [5.41, 5.74) is 6.02. The molecular formula is C47H56FIrNO3-2. The van der Waals surface area contributed by atoms with Crippen molar-refractivity contribution in [3.63, 3.8) is 0 Å². The van der Waals surface area contributed by atoms with Crippen LogP contribution in [0.15, 0.2) is 77.0 Å². The van der Waals surface area contributed by atoms with E-state index in [0.29, 0.717) is 22.6 Å². The predicted octanol–water partition coefficient (Wildman–Crippen LogP) is 13.8. The van der Waals surface area contributed by atoms with Crippen LogP contribution in [0, 0.1) is 44.0 Å². The Kier molecular flexibility index (Phi) is 15.6. The first-order valence-corrected chi connectivity index (χ1v) is 18.7. The molecule has 0 saturated carbocycles. The van der Waals surface area contributed by atoms with Crippen molar-refractivity contribution in [3.05, 3.63) is 109 Å². The van der Waals surface area contributed by atoms with Crippen molar-refractivity contribution in [2.45, 2.75) is 100 Å². The molecule has 0 atom stereocenters. The van der Waals surface area contributed by atoms with E-state index in [4.69, 9.17) is 9.40 Å². The van der Waals surface area contributed by atoms with E-state index in [0.717, 1.165) is 70.5 Å². The molecule has 0 amide bonds. The molecule has 0 bridgehead atoms. The molecule has 6 rings (SSSR count). The molecule has 0 fully saturated rings. The Hall–Kier alpha value is -3.86. The summed E-state index contributed by atoms with van der Waals surface area (Å²) in [5.74, 6) is 1.04. The van der Waals surface area contributed by atoms with Crippen molar-refractivity contribution in [2.24, 2.45) is 17.8 Å². The number of fused-ring (bicyclic) bond motifs is 6. The Balaban J connectivity index is 0.000000382. The van der Waals surface area contributed by atoms with Gasteiger partial charge in [0.25, 0.3) is 0 Å². The number of benzene rings is 4. The summed E-state index contributed by atoms with van der Waals surface area (Å²) in [6.45, 7) is 18.6. The van der Waals surface area contributed by atoms with Crippen molar-refractivity contribution >= 4 is 49.3 Å². The van der Waals surface area contributed by atoms with Crippen LogP contribution in [0.4, 0.5) is 4.39 Å². The fourth-order valence-corrected chi connectivity index (χ4v) is 7.22. The van der Waals surface area contributed by atoms with Crippen LogP contribution < -0.4 is 0 Å². The predicted molar refractivity (Wildman–Crippen MR) is 218 cm³/mol. The van der Waals surface area contributed by atoms with Crippen LogP contribution in [-0.4, -0.2) is 15.9 Å². The molecule has 0 aliphatic carbocycles. The van der Waals surface area contributed by atoms with E-state index in [1.165, 1.54) is 22.4 Å². The van der Waals surface area contributed by atoms with Crippen molar-refractivity contribution in [1.82, 2.24) is 4.98 Å². The van der Waals surface area contributed by atoms with Crippen LogP contribution in [0.3, 0.4) is 0 Å². The number of halogens is 1. The number of hydrogen-bond donors (Lipinski definition) is 1. The molecule has 0 unspecified atom stereocenters. The molecule has 1 N–H and O–H groups in total. The first-order chi connectivity index (χ1) is 24.4. The Bertz CT molecular complexity index is 2210. The fourth-order valence-electron chi connectivity index (χ4n) is 7.22. The summed E-state index contributed by atoms with van der Waals surface area (Å²) in [7, 11) is 0. The summed E-state index contributed by atoms with van der Waals surface area (Å²) in [5, 5.41) is 16.1. The molecule has 4 aromatic carbocycles. The van der Waals surface area contributed by atoms with Crippen LogP contribution in [-0.2, 0) is 31.3 Å². The molecular weight excluding hydrogens is 838 g/mol. The number of allylic oxidation sites excluding steroid dienone is 2. The van der Waals surface area contributed by atoms with Crippen LogP contribution in [0.2, 0.25) is 0 Å². The van der Waals surface area contributed by atoms with E-state index in [1.807, 2.05) is 66.8 Å². The van der Waals surface area contributed by atoms with Gasteiger partial charge in [-0.05, 0) is 101 Å². The van der Waals surface area contributed by atoms with Gasteiger partial charge in [0, 0.05) is 49.6 Å². The molecule has 2 heterocycles. The van der Waals surface area contributed by atoms with Crippen LogP contribution >= 0.6 is 0 Å². The zero-order valence-corrected chi connectivity index (χ0v) is 35.5. The van der Waals surface area contributed by atoms with Gasteiger partial charge in [-0.2, -0.15) is 0 Å². The SMILES string of the molecule is CCC(CC)C(=O)/C=C(\O)C(CC)CC.Cc1[c-]c(-c2nccc3c2ccc2cc(CC(C)C)ccc23)c2oc3cc(C(C)C)c(F)cc3c2c1.[CH3-].[Ir]. The van der Waals surface area contributed by atoms with Gasteiger partial charge in [-0.3, -0.25) is 4.79 Å². The average molecular weight is 894 g/mol. The van der Waals surface area contributed by atoms with Crippen LogP contribution in [0.1, 0.15) is 104 Å². The minimum Gasteiger partial charge on any atom is -0.512 e. The largest absolute Gasteiger partial charge is 0.512 e. The third kappa shape index (κ3) is 9.45. The monoisotopic (exact) mass is 894 g/mol. The molecule has 1 radical (unpaired) electrons. The number of carbonyl (C=O) groups excluding carboxylic acids is 1. The van der Waals surface area contributed by atoms with Gasteiger partial charge in [-0.1, -0.05) is 104 Å². The van der Waals surface area contributed by atoms with Gasteiger partial charge >= 0.3 is 0 Å². The molecule has 53 heavy (non-hydrogen) atoms. The fraction of sp³-hybridized carbons (Fsp3) is 0.383. The number of aryl methyl sites for hydroxylation is 1. The molecule has 6 heteroatoms. The Labute approximate surface area is 329 Å². The van der Waals surface area contributed by atoms with Gasteiger partial charge in [0.2, 0.25) is 0 Å². The summed E-state index contributed by atoms with van der Waals surface area (Å²) in [4.78, 5) is 16.5.